The second kappa shape index (κ2) is 8.46. The van der Waals surface area contributed by atoms with E-state index in [0.717, 1.165) is 46.4 Å². The summed E-state index contributed by atoms with van der Waals surface area (Å²) in [7, 11) is 0. The van der Waals surface area contributed by atoms with E-state index in [2.05, 4.69) is 107 Å². The summed E-state index contributed by atoms with van der Waals surface area (Å²) in [5.41, 5.74) is 9.54. The largest absolute Gasteiger partial charge is 0.456 e. The zero-order valence-electron chi connectivity index (χ0n) is 20.4. The van der Waals surface area contributed by atoms with E-state index in [1.54, 1.807) is 0 Å². The molecule has 4 rings (SSSR count). The topological polar surface area (TPSA) is 39.1 Å². The minimum atomic E-state index is 0.0275. The highest BCUT2D eigenvalue weighted by atomic mass is 16.3. The molecule has 32 heavy (non-hydrogen) atoms. The van der Waals surface area contributed by atoms with Crippen molar-refractivity contribution < 1.29 is 9.41 Å². The highest BCUT2D eigenvalue weighted by Crippen LogP contribution is 2.44. The van der Waals surface area contributed by atoms with Crippen molar-refractivity contribution in [1.29, 1.82) is 0 Å². The lowest BCUT2D eigenvalue weighted by atomic mass is 9.79. The van der Waals surface area contributed by atoms with Crippen LogP contribution in [0.15, 0.2) is 52.9 Å². The summed E-state index contributed by atoms with van der Waals surface area (Å²) >= 11 is 0. The van der Waals surface area contributed by atoms with Gasteiger partial charge in [0.1, 0.15) is 17.9 Å². The quantitative estimate of drug-likeness (QED) is 0.419. The molecule has 0 spiro atoms. The van der Waals surface area contributed by atoms with Crippen molar-refractivity contribution in [2.24, 2.45) is 0 Å². The molecule has 0 atom stereocenters. The lowest BCUT2D eigenvalue weighted by molar-refractivity contribution is -0.496. The summed E-state index contributed by atoms with van der Waals surface area (Å²) in [4.78, 5) is 3.48. The van der Waals surface area contributed by atoms with Crippen molar-refractivity contribution >= 4 is 16.7 Å². The zero-order valence-corrected chi connectivity index (χ0v) is 20.4. The first-order chi connectivity index (χ1) is 15.2. The Balaban J connectivity index is 2.20. The Kier molecular flexibility index (Phi) is 5.85. The molecule has 3 nitrogen and oxygen atoms in total. The molecular formula is C29H35N2O+. The van der Waals surface area contributed by atoms with Gasteiger partial charge in [-0.2, -0.15) is 0 Å². The maximum atomic E-state index is 6.54. The van der Waals surface area contributed by atoms with E-state index in [0.29, 0.717) is 0 Å². The molecule has 1 aliphatic carbocycles. The predicted octanol–water partition coefficient (Wildman–Crippen LogP) is 5.55. The van der Waals surface area contributed by atoms with Crippen molar-refractivity contribution in [1.82, 2.24) is 0 Å². The Labute approximate surface area is 191 Å². The van der Waals surface area contributed by atoms with Gasteiger partial charge in [-0.15, -0.1) is 0 Å². The lowest BCUT2D eigenvalue weighted by Crippen LogP contribution is -2.76. The predicted molar refractivity (Wildman–Crippen MR) is 135 cm³/mol. The minimum Gasteiger partial charge on any atom is -0.456 e. The molecule has 0 saturated carbocycles. The fourth-order valence-corrected chi connectivity index (χ4v) is 4.61. The van der Waals surface area contributed by atoms with Crippen LogP contribution in [0.4, 0.5) is 5.69 Å². The SMILES string of the molecule is CCNc1cc2oc3cc(=[NH+]CC)c(C)cc-3c(-c3ccccc3C(C)(C)C)c2cc1C. The molecule has 1 heterocycles. The van der Waals surface area contributed by atoms with Gasteiger partial charge in [-0.3, -0.25) is 0 Å². The third-order valence-electron chi connectivity index (χ3n) is 6.15. The van der Waals surface area contributed by atoms with Gasteiger partial charge in [0.2, 0.25) is 5.36 Å². The Morgan fingerprint density at radius 1 is 0.906 bits per heavy atom. The van der Waals surface area contributed by atoms with Gasteiger partial charge in [0, 0.05) is 40.4 Å². The molecule has 2 N–H and O–H groups in total. The lowest BCUT2D eigenvalue weighted by Gasteiger charge is -2.25. The zero-order chi connectivity index (χ0) is 23.0. The molecule has 0 amide bonds. The smallest absolute Gasteiger partial charge is 0.204 e. The summed E-state index contributed by atoms with van der Waals surface area (Å²) < 4.78 is 6.54. The fraction of sp³-hybridized carbons (Fsp3) is 0.345. The van der Waals surface area contributed by atoms with Gasteiger partial charge in [-0.05, 0) is 61.9 Å². The average molecular weight is 428 g/mol. The van der Waals surface area contributed by atoms with E-state index < -0.39 is 0 Å². The molecule has 0 saturated heterocycles. The van der Waals surface area contributed by atoms with Crippen LogP contribution < -0.4 is 15.7 Å². The van der Waals surface area contributed by atoms with Gasteiger partial charge < -0.3 is 9.73 Å². The number of hydrogen-bond donors (Lipinski definition) is 2. The third kappa shape index (κ3) is 3.92. The van der Waals surface area contributed by atoms with Gasteiger partial charge in [-0.25, -0.2) is 4.99 Å². The van der Waals surface area contributed by atoms with Crippen LogP contribution >= 0.6 is 0 Å². The van der Waals surface area contributed by atoms with E-state index in [-0.39, 0.29) is 5.41 Å². The Morgan fingerprint density at radius 3 is 2.34 bits per heavy atom. The molecule has 2 aromatic carbocycles. The number of aryl methyl sites for hydroxylation is 2. The fourth-order valence-electron chi connectivity index (χ4n) is 4.61. The molecule has 0 unspecified atom stereocenters. The number of rotatable bonds is 4. The molecule has 2 aromatic rings. The van der Waals surface area contributed by atoms with E-state index in [1.165, 1.54) is 27.8 Å². The normalized spacial score (nSPS) is 12.7. The molecule has 0 bridgehead atoms. The summed E-state index contributed by atoms with van der Waals surface area (Å²) in [6.07, 6.45) is 0. The Hall–Kier alpha value is -3.07. The van der Waals surface area contributed by atoms with Crippen molar-refractivity contribution in [2.45, 2.75) is 53.9 Å². The first kappa shape index (κ1) is 22.1. The number of anilines is 1. The molecule has 0 radical (unpaired) electrons. The number of hydrogen-bond acceptors (Lipinski definition) is 2. The first-order valence-electron chi connectivity index (χ1n) is 11.7. The molecular weight excluding hydrogens is 392 g/mol. The van der Waals surface area contributed by atoms with E-state index in [1.807, 2.05) is 0 Å². The van der Waals surface area contributed by atoms with Crippen LogP contribution in [0.3, 0.4) is 0 Å². The second-order valence-corrected chi connectivity index (χ2v) is 9.66. The van der Waals surface area contributed by atoms with Gasteiger partial charge in [0.05, 0.1) is 6.07 Å². The van der Waals surface area contributed by atoms with E-state index in [9.17, 15) is 0 Å². The van der Waals surface area contributed by atoms with Crippen LogP contribution in [0.25, 0.3) is 33.4 Å². The monoisotopic (exact) mass is 427 g/mol. The van der Waals surface area contributed by atoms with Gasteiger partial charge in [0.15, 0.2) is 0 Å². The van der Waals surface area contributed by atoms with Gasteiger partial charge in [0.25, 0.3) is 0 Å². The molecule has 0 fully saturated rings. The number of fused-ring (bicyclic) bond motifs is 2. The van der Waals surface area contributed by atoms with Crippen molar-refractivity contribution in [2.75, 3.05) is 18.4 Å². The van der Waals surface area contributed by atoms with Crippen LogP contribution in [0, 0.1) is 13.8 Å². The van der Waals surface area contributed by atoms with Crippen molar-refractivity contribution in [3.8, 4) is 22.5 Å². The number of nitrogens with one attached hydrogen (secondary N) is 2. The van der Waals surface area contributed by atoms with E-state index >= 15 is 0 Å². The third-order valence-corrected chi connectivity index (χ3v) is 6.15. The maximum Gasteiger partial charge on any atom is 0.204 e. The van der Waals surface area contributed by atoms with Crippen LogP contribution in [0.5, 0.6) is 0 Å². The van der Waals surface area contributed by atoms with Crippen LogP contribution in [-0.2, 0) is 5.41 Å². The Bertz CT molecular complexity index is 1320. The van der Waals surface area contributed by atoms with Crippen LogP contribution in [0.1, 0.15) is 51.3 Å². The average Bonchev–Trinajstić information content (AvgIpc) is 2.74. The highest BCUT2D eigenvalue weighted by Gasteiger charge is 2.25. The Morgan fingerprint density at radius 2 is 1.66 bits per heavy atom. The summed E-state index contributed by atoms with van der Waals surface area (Å²) in [5, 5.41) is 5.76. The maximum absolute atomic E-state index is 6.54. The van der Waals surface area contributed by atoms with E-state index in [4.69, 9.17) is 4.42 Å². The minimum absolute atomic E-state index is 0.0275. The van der Waals surface area contributed by atoms with Crippen LogP contribution in [0.2, 0.25) is 0 Å². The molecule has 2 aliphatic rings. The first-order valence-corrected chi connectivity index (χ1v) is 11.7. The molecule has 3 heteroatoms. The molecule has 0 aromatic heterocycles. The standard InChI is InChI=1S/C29H34N2O/c1-8-30-24-16-26-21(14-18(24)3)28(20-12-10-11-13-23(20)29(5,6)7)22-15-19(4)25(31-9-2)17-27(22)32-26/h10-17,30H,8-9H2,1-7H3/p+1. The summed E-state index contributed by atoms with van der Waals surface area (Å²) in [6.45, 7) is 17.2. The molecule has 166 valence electrons. The summed E-state index contributed by atoms with van der Waals surface area (Å²) in [5.74, 6) is 0.907. The van der Waals surface area contributed by atoms with Gasteiger partial charge in [-0.1, -0.05) is 45.0 Å². The molecule has 1 aliphatic heterocycles. The highest BCUT2D eigenvalue weighted by molar-refractivity contribution is 6.04. The van der Waals surface area contributed by atoms with Crippen molar-refractivity contribution in [3.05, 3.63) is 70.6 Å². The van der Waals surface area contributed by atoms with Gasteiger partial charge >= 0.3 is 0 Å². The second-order valence-electron chi connectivity index (χ2n) is 9.66. The number of benzene rings is 3. The summed E-state index contributed by atoms with van der Waals surface area (Å²) in [6, 6.07) is 17.7. The van der Waals surface area contributed by atoms with Crippen LogP contribution in [-0.4, -0.2) is 13.1 Å². The van der Waals surface area contributed by atoms with Crippen molar-refractivity contribution in [3.63, 3.8) is 0 Å².